The van der Waals surface area contributed by atoms with Crippen LogP contribution in [-0.4, -0.2) is 30.3 Å². The Hall–Kier alpha value is -1.95. The summed E-state index contributed by atoms with van der Waals surface area (Å²) in [6.45, 7) is 0.135. The molecule has 18 heavy (non-hydrogen) atoms. The van der Waals surface area contributed by atoms with Crippen LogP contribution in [0, 0.1) is 0 Å². The number of amides is 1. The zero-order valence-electron chi connectivity index (χ0n) is 9.67. The van der Waals surface area contributed by atoms with Gasteiger partial charge in [0.05, 0.1) is 30.3 Å². The van der Waals surface area contributed by atoms with Crippen molar-refractivity contribution in [2.75, 3.05) is 18.6 Å². The van der Waals surface area contributed by atoms with Gasteiger partial charge in [-0.05, 0) is 12.1 Å². The number of carbonyl (C=O) groups is 2. The van der Waals surface area contributed by atoms with Crippen molar-refractivity contribution in [2.24, 2.45) is 0 Å². The highest BCUT2D eigenvalue weighted by molar-refractivity contribution is 7.22. The molecule has 5 nitrogen and oxygen atoms in total. The molecule has 1 aromatic carbocycles. The molecule has 1 aromatic heterocycles. The summed E-state index contributed by atoms with van der Waals surface area (Å²) in [5, 5.41) is 0.578. The Morgan fingerprint density at radius 1 is 1.39 bits per heavy atom. The molecule has 2 heterocycles. The average Bonchev–Trinajstić information content (AvgIpc) is 2.90. The molecule has 0 saturated carbocycles. The van der Waals surface area contributed by atoms with Gasteiger partial charge in [-0.1, -0.05) is 11.3 Å². The quantitative estimate of drug-likeness (QED) is 0.771. The van der Waals surface area contributed by atoms with Gasteiger partial charge < -0.3 is 4.74 Å². The molecule has 1 amide bonds. The molecule has 1 saturated heterocycles. The number of aromatic nitrogens is 1. The molecule has 0 radical (unpaired) electrons. The molecule has 92 valence electrons. The summed E-state index contributed by atoms with van der Waals surface area (Å²) in [4.78, 5) is 28.7. The third kappa shape index (κ3) is 1.74. The Morgan fingerprint density at radius 3 is 2.89 bits per heavy atom. The maximum atomic E-state index is 11.6. The van der Waals surface area contributed by atoms with E-state index in [9.17, 15) is 9.59 Å². The molecule has 0 aliphatic carbocycles. The number of rotatable bonds is 2. The van der Waals surface area contributed by atoms with E-state index in [1.165, 1.54) is 16.2 Å². The fourth-order valence-electron chi connectivity index (χ4n) is 1.90. The summed E-state index contributed by atoms with van der Waals surface area (Å²) < 4.78 is 6.10. The second-order valence-corrected chi connectivity index (χ2v) is 5.03. The number of methoxy groups -OCH3 is 1. The second-order valence-electron chi connectivity index (χ2n) is 4.03. The van der Waals surface area contributed by atoms with Crippen molar-refractivity contribution in [1.82, 2.24) is 4.98 Å². The predicted molar refractivity (Wildman–Crippen MR) is 68.1 cm³/mol. The van der Waals surface area contributed by atoms with Gasteiger partial charge in [-0.25, -0.2) is 4.98 Å². The summed E-state index contributed by atoms with van der Waals surface area (Å²) in [6.07, 6.45) is -0.0146. The van der Waals surface area contributed by atoms with Crippen molar-refractivity contribution in [3.8, 4) is 5.75 Å². The van der Waals surface area contributed by atoms with Crippen LogP contribution >= 0.6 is 11.3 Å². The zero-order chi connectivity index (χ0) is 12.7. The smallest absolute Gasteiger partial charge is 0.236 e. The molecule has 0 spiro atoms. The van der Waals surface area contributed by atoms with Crippen molar-refractivity contribution in [2.45, 2.75) is 6.42 Å². The Morgan fingerprint density at radius 2 is 2.22 bits per heavy atom. The summed E-state index contributed by atoms with van der Waals surface area (Å²) in [6, 6.07) is 5.57. The standard InChI is InChI=1S/C12H10N2O3S/c1-17-8-2-3-10-9(5-8)13-12(18-10)14-6-7(15)4-11(14)16/h2-3,5H,4,6H2,1H3. The van der Waals surface area contributed by atoms with Gasteiger partial charge in [-0.15, -0.1) is 0 Å². The highest BCUT2D eigenvalue weighted by atomic mass is 32.1. The fraction of sp³-hybridized carbons (Fsp3) is 0.250. The SMILES string of the molecule is COc1ccc2sc(N3CC(=O)CC3=O)nc2c1. The van der Waals surface area contributed by atoms with Crippen LogP contribution in [0.25, 0.3) is 10.2 Å². The lowest BCUT2D eigenvalue weighted by Gasteiger charge is -2.08. The first-order valence-electron chi connectivity index (χ1n) is 5.44. The minimum atomic E-state index is -0.175. The topological polar surface area (TPSA) is 59.5 Å². The van der Waals surface area contributed by atoms with E-state index in [0.717, 1.165) is 16.0 Å². The lowest BCUT2D eigenvalue weighted by atomic mass is 10.3. The number of carbonyl (C=O) groups excluding carboxylic acids is 2. The molecule has 0 bridgehead atoms. The van der Waals surface area contributed by atoms with Crippen LogP contribution in [0.2, 0.25) is 0 Å². The van der Waals surface area contributed by atoms with E-state index in [4.69, 9.17) is 4.74 Å². The maximum absolute atomic E-state index is 11.6. The third-order valence-electron chi connectivity index (χ3n) is 2.80. The number of ketones is 1. The average molecular weight is 262 g/mol. The molecule has 0 unspecified atom stereocenters. The summed E-state index contributed by atoms with van der Waals surface area (Å²) in [7, 11) is 1.59. The van der Waals surface area contributed by atoms with Crippen molar-refractivity contribution in [1.29, 1.82) is 0 Å². The van der Waals surface area contributed by atoms with E-state index in [-0.39, 0.29) is 24.7 Å². The van der Waals surface area contributed by atoms with E-state index in [0.29, 0.717) is 5.13 Å². The predicted octanol–water partition coefficient (Wildman–Crippen LogP) is 1.61. The summed E-state index contributed by atoms with van der Waals surface area (Å²) in [5.41, 5.74) is 0.779. The van der Waals surface area contributed by atoms with Gasteiger partial charge in [-0.3, -0.25) is 14.5 Å². The van der Waals surface area contributed by atoms with Gasteiger partial charge in [-0.2, -0.15) is 0 Å². The van der Waals surface area contributed by atoms with E-state index in [1.807, 2.05) is 18.2 Å². The molecular weight excluding hydrogens is 252 g/mol. The molecule has 1 aliphatic rings. The fourth-order valence-corrected chi connectivity index (χ4v) is 2.86. The molecule has 1 aliphatic heterocycles. The van der Waals surface area contributed by atoms with Crippen molar-refractivity contribution < 1.29 is 14.3 Å². The van der Waals surface area contributed by atoms with Gasteiger partial charge in [0.1, 0.15) is 5.75 Å². The number of benzene rings is 1. The van der Waals surface area contributed by atoms with Crippen LogP contribution in [0.15, 0.2) is 18.2 Å². The van der Waals surface area contributed by atoms with Crippen LogP contribution in [-0.2, 0) is 9.59 Å². The van der Waals surface area contributed by atoms with Crippen LogP contribution in [0.1, 0.15) is 6.42 Å². The first-order chi connectivity index (χ1) is 8.67. The summed E-state index contributed by atoms with van der Waals surface area (Å²) >= 11 is 1.41. The minimum absolute atomic E-state index is 0.0146. The lowest BCUT2D eigenvalue weighted by Crippen LogP contribution is -2.24. The number of thiazole rings is 1. The first-order valence-corrected chi connectivity index (χ1v) is 6.25. The van der Waals surface area contributed by atoms with Crippen LogP contribution < -0.4 is 9.64 Å². The van der Waals surface area contributed by atoms with Crippen LogP contribution in [0.3, 0.4) is 0 Å². The van der Waals surface area contributed by atoms with Crippen LogP contribution in [0.5, 0.6) is 5.75 Å². The van der Waals surface area contributed by atoms with E-state index < -0.39 is 0 Å². The number of hydrogen-bond acceptors (Lipinski definition) is 5. The molecule has 0 N–H and O–H groups in total. The highest BCUT2D eigenvalue weighted by Crippen LogP contribution is 2.32. The normalized spacial score (nSPS) is 15.7. The number of ether oxygens (including phenoxy) is 1. The third-order valence-corrected chi connectivity index (χ3v) is 3.86. The molecule has 3 rings (SSSR count). The Labute approximate surface area is 107 Å². The summed E-state index contributed by atoms with van der Waals surface area (Å²) in [5.74, 6) is 0.492. The largest absolute Gasteiger partial charge is 0.497 e. The Balaban J connectivity index is 2.03. The van der Waals surface area contributed by atoms with Gasteiger partial charge >= 0.3 is 0 Å². The van der Waals surface area contributed by atoms with Gasteiger partial charge in [0.15, 0.2) is 10.9 Å². The second kappa shape index (κ2) is 4.06. The molecule has 6 heteroatoms. The number of anilines is 1. The van der Waals surface area contributed by atoms with Crippen LogP contribution in [0.4, 0.5) is 5.13 Å². The Bertz CT molecular complexity index is 650. The van der Waals surface area contributed by atoms with Gasteiger partial charge in [0.25, 0.3) is 0 Å². The van der Waals surface area contributed by atoms with Gasteiger partial charge in [0.2, 0.25) is 5.91 Å². The molecule has 1 fully saturated rings. The monoisotopic (exact) mass is 262 g/mol. The molecule has 0 atom stereocenters. The number of Topliss-reactive ketones (excluding diaryl/α,β-unsaturated/α-hetero) is 1. The zero-order valence-corrected chi connectivity index (χ0v) is 10.5. The number of hydrogen-bond donors (Lipinski definition) is 0. The van der Waals surface area contributed by atoms with E-state index in [1.54, 1.807) is 7.11 Å². The molecular formula is C12H10N2O3S. The number of fused-ring (bicyclic) bond motifs is 1. The number of nitrogens with zero attached hydrogens (tertiary/aromatic N) is 2. The van der Waals surface area contributed by atoms with Gasteiger partial charge in [0, 0.05) is 6.07 Å². The Kier molecular flexibility index (Phi) is 2.52. The first kappa shape index (κ1) is 11.2. The van der Waals surface area contributed by atoms with Crippen molar-refractivity contribution in [3.63, 3.8) is 0 Å². The van der Waals surface area contributed by atoms with E-state index >= 15 is 0 Å². The van der Waals surface area contributed by atoms with Crippen molar-refractivity contribution in [3.05, 3.63) is 18.2 Å². The van der Waals surface area contributed by atoms with E-state index in [2.05, 4.69) is 4.98 Å². The minimum Gasteiger partial charge on any atom is -0.497 e. The highest BCUT2D eigenvalue weighted by Gasteiger charge is 2.30. The lowest BCUT2D eigenvalue weighted by molar-refractivity contribution is -0.121. The van der Waals surface area contributed by atoms with Crippen molar-refractivity contribution >= 4 is 38.4 Å². The maximum Gasteiger partial charge on any atom is 0.236 e. The molecule has 2 aromatic rings.